The first-order chi connectivity index (χ1) is 13.1. The van der Waals surface area contributed by atoms with Crippen molar-refractivity contribution in [1.82, 2.24) is 0 Å². The van der Waals surface area contributed by atoms with Crippen molar-refractivity contribution in [3.05, 3.63) is 0 Å². The normalized spacial score (nSPS) is 17.6. The predicted molar refractivity (Wildman–Crippen MR) is 130 cm³/mol. The Kier molecular flexibility index (Phi) is 13.3. The SMILES string of the molecule is CCC(CC)CCC(C)C(C)C(CC)(CC)C(C)C(CC)(CC)CCC(C)N. The summed E-state index contributed by atoms with van der Waals surface area (Å²) in [7, 11) is 0. The molecule has 0 amide bonds. The van der Waals surface area contributed by atoms with Crippen molar-refractivity contribution in [3.8, 4) is 0 Å². The van der Waals surface area contributed by atoms with Crippen molar-refractivity contribution in [2.24, 2.45) is 40.2 Å². The van der Waals surface area contributed by atoms with Crippen LogP contribution in [0.1, 0.15) is 133 Å². The molecule has 0 bridgehead atoms. The monoisotopic (exact) mass is 395 g/mol. The van der Waals surface area contributed by atoms with Gasteiger partial charge in [0, 0.05) is 6.04 Å². The van der Waals surface area contributed by atoms with Crippen molar-refractivity contribution in [2.75, 3.05) is 0 Å². The van der Waals surface area contributed by atoms with Gasteiger partial charge in [0.15, 0.2) is 0 Å². The van der Waals surface area contributed by atoms with Crippen LogP contribution in [0.3, 0.4) is 0 Å². The highest BCUT2D eigenvalue weighted by Gasteiger charge is 2.48. The largest absolute Gasteiger partial charge is 0.328 e. The minimum absolute atomic E-state index is 0.318. The molecule has 4 unspecified atom stereocenters. The maximum Gasteiger partial charge on any atom is 0.00106 e. The summed E-state index contributed by atoms with van der Waals surface area (Å²) in [4.78, 5) is 0. The molecule has 0 saturated heterocycles. The van der Waals surface area contributed by atoms with E-state index in [2.05, 4.69) is 69.2 Å². The molecule has 0 aliphatic rings. The lowest BCUT2D eigenvalue weighted by molar-refractivity contribution is -0.0455. The molecule has 0 spiro atoms. The third-order valence-electron chi connectivity index (χ3n) is 9.55. The second-order valence-electron chi connectivity index (χ2n) is 10.3. The van der Waals surface area contributed by atoms with Crippen LogP contribution in [0, 0.1) is 34.5 Å². The third kappa shape index (κ3) is 6.75. The van der Waals surface area contributed by atoms with Crippen molar-refractivity contribution < 1.29 is 0 Å². The van der Waals surface area contributed by atoms with Crippen LogP contribution in [0.25, 0.3) is 0 Å². The van der Waals surface area contributed by atoms with E-state index in [-0.39, 0.29) is 0 Å². The molecule has 2 N–H and O–H groups in total. The first kappa shape index (κ1) is 28.0. The molecule has 28 heavy (non-hydrogen) atoms. The van der Waals surface area contributed by atoms with E-state index in [9.17, 15) is 0 Å². The van der Waals surface area contributed by atoms with Gasteiger partial charge in [-0.05, 0) is 67.1 Å². The van der Waals surface area contributed by atoms with Crippen molar-refractivity contribution >= 4 is 0 Å². The Morgan fingerprint density at radius 3 is 1.54 bits per heavy atom. The third-order valence-corrected chi connectivity index (χ3v) is 9.55. The zero-order valence-electron chi connectivity index (χ0n) is 21.5. The van der Waals surface area contributed by atoms with Gasteiger partial charge in [0.25, 0.3) is 0 Å². The zero-order valence-corrected chi connectivity index (χ0v) is 21.5. The van der Waals surface area contributed by atoms with Gasteiger partial charge in [-0.15, -0.1) is 0 Å². The summed E-state index contributed by atoms with van der Waals surface area (Å²) in [6.07, 6.45) is 13.1. The molecule has 0 saturated carbocycles. The summed E-state index contributed by atoms with van der Waals surface area (Å²) in [6.45, 7) is 24.4. The number of rotatable bonds is 16. The summed E-state index contributed by atoms with van der Waals surface area (Å²) >= 11 is 0. The van der Waals surface area contributed by atoms with Crippen LogP contribution >= 0.6 is 0 Å². The fraction of sp³-hybridized carbons (Fsp3) is 1.00. The quantitative estimate of drug-likeness (QED) is 0.277. The molecule has 0 aliphatic carbocycles. The minimum atomic E-state index is 0.318. The Balaban J connectivity index is 5.64. The molecule has 0 aromatic rings. The van der Waals surface area contributed by atoms with Gasteiger partial charge in [-0.2, -0.15) is 0 Å². The van der Waals surface area contributed by atoms with Crippen LogP contribution in [-0.4, -0.2) is 6.04 Å². The van der Waals surface area contributed by atoms with Gasteiger partial charge >= 0.3 is 0 Å². The zero-order chi connectivity index (χ0) is 22.0. The highest BCUT2D eigenvalue weighted by Crippen LogP contribution is 2.56. The Morgan fingerprint density at radius 1 is 0.679 bits per heavy atom. The van der Waals surface area contributed by atoms with E-state index in [0.717, 1.165) is 30.1 Å². The van der Waals surface area contributed by atoms with E-state index in [1.54, 1.807) is 0 Å². The average molecular weight is 396 g/mol. The summed E-state index contributed by atoms with van der Waals surface area (Å²) in [5.74, 6) is 3.25. The maximum absolute atomic E-state index is 6.19. The molecule has 4 atom stereocenters. The van der Waals surface area contributed by atoms with Crippen molar-refractivity contribution in [3.63, 3.8) is 0 Å². The first-order valence-electron chi connectivity index (χ1n) is 12.9. The molecule has 0 aromatic heterocycles. The smallest absolute Gasteiger partial charge is 0.00106 e. The summed E-state index contributed by atoms with van der Waals surface area (Å²) in [5, 5.41) is 0. The molecule has 0 aromatic carbocycles. The molecular weight excluding hydrogens is 338 g/mol. The van der Waals surface area contributed by atoms with E-state index in [1.165, 1.54) is 57.8 Å². The molecule has 1 nitrogen and oxygen atoms in total. The van der Waals surface area contributed by atoms with Gasteiger partial charge in [-0.25, -0.2) is 0 Å². The second kappa shape index (κ2) is 13.3. The molecule has 0 heterocycles. The average Bonchev–Trinajstić information content (AvgIpc) is 2.70. The van der Waals surface area contributed by atoms with E-state index in [1.807, 2.05) is 0 Å². The van der Waals surface area contributed by atoms with Crippen molar-refractivity contribution in [1.29, 1.82) is 0 Å². The lowest BCUT2D eigenvalue weighted by Crippen LogP contribution is -2.46. The summed E-state index contributed by atoms with van der Waals surface area (Å²) in [5.41, 5.74) is 7.06. The molecule has 0 fully saturated rings. The molecule has 0 aliphatic heterocycles. The van der Waals surface area contributed by atoms with Crippen LogP contribution < -0.4 is 5.73 Å². The fourth-order valence-electron chi connectivity index (χ4n) is 6.47. The van der Waals surface area contributed by atoms with Gasteiger partial charge in [0.2, 0.25) is 0 Å². The molecule has 0 rings (SSSR count). The fourth-order valence-corrected chi connectivity index (χ4v) is 6.47. The minimum Gasteiger partial charge on any atom is -0.328 e. The Labute approximate surface area is 180 Å². The van der Waals surface area contributed by atoms with Crippen LogP contribution in [0.15, 0.2) is 0 Å². The molecule has 0 radical (unpaired) electrons. The van der Waals surface area contributed by atoms with Gasteiger partial charge < -0.3 is 5.73 Å². The highest BCUT2D eigenvalue weighted by atomic mass is 14.6. The van der Waals surface area contributed by atoms with E-state index in [0.29, 0.717) is 16.9 Å². The lowest BCUT2D eigenvalue weighted by Gasteiger charge is -2.54. The van der Waals surface area contributed by atoms with E-state index < -0.39 is 0 Å². The predicted octanol–water partition coefficient (Wildman–Crippen LogP) is 8.85. The maximum atomic E-state index is 6.19. The first-order valence-corrected chi connectivity index (χ1v) is 12.9. The van der Waals surface area contributed by atoms with Gasteiger partial charge in [-0.1, -0.05) is 101 Å². The van der Waals surface area contributed by atoms with Gasteiger partial charge in [0.05, 0.1) is 0 Å². The van der Waals surface area contributed by atoms with Crippen molar-refractivity contribution in [2.45, 2.75) is 139 Å². The van der Waals surface area contributed by atoms with Crippen LogP contribution in [-0.2, 0) is 0 Å². The van der Waals surface area contributed by atoms with Crippen LogP contribution in [0.5, 0.6) is 0 Å². The van der Waals surface area contributed by atoms with E-state index in [4.69, 9.17) is 5.73 Å². The Bertz CT molecular complexity index is 374. The summed E-state index contributed by atoms with van der Waals surface area (Å²) < 4.78 is 0. The molecule has 1 heteroatoms. The molecular formula is C27H57N. The Hall–Kier alpha value is -0.0400. The van der Waals surface area contributed by atoms with Crippen LogP contribution in [0.4, 0.5) is 0 Å². The number of hydrogen-bond donors (Lipinski definition) is 1. The highest BCUT2D eigenvalue weighted by molar-refractivity contribution is 4.97. The topological polar surface area (TPSA) is 26.0 Å². The van der Waals surface area contributed by atoms with Gasteiger partial charge in [0.1, 0.15) is 0 Å². The molecule has 170 valence electrons. The van der Waals surface area contributed by atoms with Crippen LogP contribution in [0.2, 0.25) is 0 Å². The number of hydrogen-bond acceptors (Lipinski definition) is 1. The van der Waals surface area contributed by atoms with E-state index >= 15 is 0 Å². The lowest BCUT2D eigenvalue weighted by atomic mass is 9.51. The second-order valence-corrected chi connectivity index (χ2v) is 10.3. The Morgan fingerprint density at radius 2 is 1.18 bits per heavy atom. The summed E-state index contributed by atoms with van der Waals surface area (Å²) in [6, 6.07) is 0.318. The van der Waals surface area contributed by atoms with Gasteiger partial charge in [-0.3, -0.25) is 0 Å². The standard InChI is InChI=1S/C27H57N/c1-11-25(12-2)18-17-21(7)23(9)27(15-5,16-6)24(10)26(13-3,14-4)20-19-22(8)28/h21-25H,11-20,28H2,1-10H3. The number of nitrogens with two attached hydrogens (primary N) is 1.